The van der Waals surface area contributed by atoms with Crippen LogP contribution in [0.3, 0.4) is 0 Å². The van der Waals surface area contributed by atoms with Crippen LogP contribution in [-0.4, -0.2) is 68.7 Å². The van der Waals surface area contributed by atoms with Crippen LogP contribution in [0.1, 0.15) is 26.7 Å². The summed E-state index contributed by atoms with van der Waals surface area (Å²) in [6.07, 6.45) is 1.95. The molecule has 9 heteroatoms. The van der Waals surface area contributed by atoms with Gasteiger partial charge in [-0.15, -0.1) is 24.0 Å². The zero-order valence-electron chi connectivity index (χ0n) is 13.9. The minimum atomic E-state index is -0.329. The molecule has 1 aliphatic rings. The van der Waals surface area contributed by atoms with Gasteiger partial charge in [-0.2, -0.15) is 0 Å². The van der Waals surface area contributed by atoms with Crippen molar-refractivity contribution < 1.29 is 14.3 Å². The minimum Gasteiger partial charge on any atom is -0.382 e. The number of nitrogens with zero attached hydrogens (tertiary/aromatic N) is 2. The van der Waals surface area contributed by atoms with E-state index in [-0.39, 0.29) is 42.5 Å². The number of nitrogens with one attached hydrogen (secondary N) is 3. The van der Waals surface area contributed by atoms with E-state index >= 15 is 0 Å². The number of halogens is 1. The Labute approximate surface area is 154 Å². The SMILES string of the molecule is CCNC(=NCCCCOCC)NCCN1C(=O)CNC1=O.I. The van der Waals surface area contributed by atoms with Crippen LogP contribution < -0.4 is 16.0 Å². The van der Waals surface area contributed by atoms with Crippen LogP contribution in [0, 0.1) is 0 Å². The third-order valence-corrected chi connectivity index (χ3v) is 3.08. The number of aliphatic imine (C=N–C) groups is 1. The highest BCUT2D eigenvalue weighted by molar-refractivity contribution is 14.0. The Morgan fingerprint density at radius 1 is 1.30 bits per heavy atom. The lowest BCUT2D eigenvalue weighted by Gasteiger charge is -2.15. The molecule has 0 atom stereocenters. The van der Waals surface area contributed by atoms with Gasteiger partial charge in [-0.1, -0.05) is 0 Å². The molecular weight excluding hydrogens is 413 g/mol. The van der Waals surface area contributed by atoms with E-state index in [1.54, 1.807) is 0 Å². The summed E-state index contributed by atoms with van der Waals surface area (Å²) in [5, 5.41) is 8.75. The molecule has 1 saturated heterocycles. The monoisotopic (exact) mass is 441 g/mol. The molecule has 8 nitrogen and oxygen atoms in total. The molecule has 0 aromatic rings. The van der Waals surface area contributed by atoms with Crippen molar-refractivity contribution in [3.05, 3.63) is 0 Å². The summed E-state index contributed by atoms with van der Waals surface area (Å²) in [5.41, 5.74) is 0. The van der Waals surface area contributed by atoms with Crippen molar-refractivity contribution in [3.63, 3.8) is 0 Å². The summed E-state index contributed by atoms with van der Waals surface area (Å²) in [4.78, 5) is 28.5. The predicted octanol–water partition coefficient (Wildman–Crippen LogP) is 0.528. The molecule has 0 unspecified atom stereocenters. The van der Waals surface area contributed by atoms with Crippen molar-refractivity contribution in [1.29, 1.82) is 0 Å². The van der Waals surface area contributed by atoms with Crippen LogP contribution in [0.15, 0.2) is 4.99 Å². The first-order valence-electron chi connectivity index (χ1n) is 7.87. The molecule has 0 aromatic heterocycles. The van der Waals surface area contributed by atoms with Crippen LogP contribution >= 0.6 is 24.0 Å². The van der Waals surface area contributed by atoms with Gasteiger partial charge >= 0.3 is 6.03 Å². The van der Waals surface area contributed by atoms with Gasteiger partial charge in [-0.05, 0) is 26.7 Å². The highest BCUT2D eigenvalue weighted by Crippen LogP contribution is 1.97. The van der Waals surface area contributed by atoms with E-state index in [1.165, 1.54) is 4.90 Å². The molecule has 0 aliphatic carbocycles. The number of urea groups is 1. The molecule has 1 fully saturated rings. The third kappa shape index (κ3) is 8.94. The summed E-state index contributed by atoms with van der Waals surface area (Å²) < 4.78 is 5.28. The Hall–Kier alpha value is -1.10. The average Bonchev–Trinajstić information content (AvgIpc) is 2.82. The molecule has 0 saturated carbocycles. The van der Waals surface area contributed by atoms with Gasteiger partial charge in [0.1, 0.15) is 0 Å². The lowest BCUT2D eigenvalue weighted by atomic mass is 10.3. The largest absolute Gasteiger partial charge is 0.382 e. The Morgan fingerprint density at radius 2 is 2.09 bits per heavy atom. The molecule has 0 spiro atoms. The number of carbonyl (C=O) groups excluding carboxylic acids is 2. The zero-order valence-corrected chi connectivity index (χ0v) is 16.2. The molecule has 3 N–H and O–H groups in total. The second-order valence-electron chi connectivity index (χ2n) is 4.80. The number of imide groups is 1. The Kier molecular flexibility index (Phi) is 12.7. The van der Waals surface area contributed by atoms with Crippen LogP contribution in [0.4, 0.5) is 4.79 Å². The van der Waals surface area contributed by atoms with Crippen molar-refractivity contribution in [3.8, 4) is 0 Å². The smallest absolute Gasteiger partial charge is 0.324 e. The zero-order chi connectivity index (χ0) is 16.2. The standard InChI is InChI=1S/C14H27N5O3.HI/c1-3-15-13(16-7-5-6-10-22-4-2)17-8-9-19-12(20)11-18-14(19)21;/h3-11H2,1-2H3,(H,18,21)(H2,15,16,17);1H. The van der Waals surface area contributed by atoms with E-state index in [0.29, 0.717) is 25.6 Å². The second-order valence-corrected chi connectivity index (χ2v) is 4.80. The summed E-state index contributed by atoms with van der Waals surface area (Å²) in [7, 11) is 0. The average molecular weight is 441 g/mol. The van der Waals surface area contributed by atoms with E-state index < -0.39 is 0 Å². The van der Waals surface area contributed by atoms with Crippen LogP contribution in [0.25, 0.3) is 0 Å². The normalized spacial score (nSPS) is 14.5. The van der Waals surface area contributed by atoms with Crippen LogP contribution in [0.2, 0.25) is 0 Å². The Balaban J connectivity index is 0.00000484. The number of carbonyl (C=O) groups is 2. The van der Waals surface area contributed by atoms with Gasteiger partial charge in [0.2, 0.25) is 5.91 Å². The maximum absolute atomic E-state index is 11.4. The molecule has 3 amide bonds. The first-order chi connectivity index (χ1) is 10.7. The first-order valence-corrected chi connectivity index (χ1v) is 7.87. The molecule has 0 bridgehead atoms. The van der Waals surface area contributed by atoms with E-state index in [4.69, 9.17) is 4.74 Å². The number of rotatable bonds is 10. The molecule has 0 aromatic carbocycles. The van der Waals surface area contributed by atoms with Gasteiger partial charge < -0.3 is 20.7 Å². The van der Waals surface area contributed by atoms with Crippen LogP contribution in [-0.2, 0) is 9.53 Å². The maximum atomic E-state index is 11.4. The summed E-state index contributed by atoms with van der Waals surface area (Å²) in [6.45, 7) is 7.86. The van der Waals surface area contributed by atoms with Crippen molar-refractivity contribution in [2.75, 3.05) is 45.9 Å². The van der Waals surface area contributed by atoms with Gasteiger partial charge in [-0.3, -0.25) is 14.7 Å². The maximum Gasteiger partial charge on any atom is 0.324 e. The number of hydrogen-bond acceptors (Lipinski definition) is 4. The van der Waals surface area contributed by atoms with E-state index in [1.807, 2.05) is 13.8 Å². The first kappa shape index (κ1) is 21.9. The summed E-state index contributed by atoms with van der Waals surface area (Å²) >= 11 is 0. The minimum absolute atomic E-state index is 0. The fourth-order valence-corrected chi connectivity index (χ4v) is 1.96. The third-order valence-electron chi connectivity index (χ3n) is 3.08. The number of hydrogen-bond donors (Lipinski definition) is 3. The number of amides is 3. The van der Waals surface area contributed by atoms with E-state index in [9.17, 15) is 9.59 Å². The molecular formula is C14H28IN5O3. The van der Waals surface area contributed by atoms with Gasteiger partial charge in [0, 0.05) is 39.4 Å². The predicted molar refractivity (Wildman–Crippen MR) is 100 cm³/mol. The molecule has 1 aliphatic heterocycles. The molecule has 0 radical (unpaired) electrons. The van der Waals surface area contributed by atoms with Crippen molar-refractivity contribution in [1.82, 2.24) is 20.9 Å². The van der Waals surface area contributed by atoms with Crippen LogP contribution in [0.5, 0.6) is 0 Å². The fraction of sp³-hybridized carbons (Fsp3) is 0.786. The van der Waals surface area contributed by atoms with Gasteiger partial charge in [0.05, 0.1) is 6.54 Å². The lowest BCUT2D eigenvalue weighted by molar-refractivity contribution is -0.124. The molecule has 1 heterocycles. The van der Waals surface area contributed by atoms with Crippen molar-refractivity contribution in [2.45, 2.75) is 26.7 Å². The van der Waals surface area contributed by atoms with Crippen molar-refractivity contribution >= 4 is 41.9 Å². The lowest BCUT2D eigenvalue weighted by Crippen LogP contribution is -2.43. The summed E-state index contributed by atoms with van der Waals surface area (Å²) in [6, 6.07) is -0.329. The molecule has 1 rings (SSSR count). The highest BCUT2D eigenvalue weighted by Gasteiger charge is 2.27. The number of unbranched alkanes of at least 4 members (excludes halogenated alkanes) is 1. The topological polar surface area (TPSA) is 95.1 Å². The van der Waals surface area contributed by atoms with Gasteiger partial charge in [-0.25, -0.2) is 4.79 Å². The summed E-state index contributed by atoms with van der Waals surface area (Å²) in [5.74, 6) is 0.510. The quantitative estimate of drug-likeness (QED) is 0.151. The fourth-order valence-electron chi connectivity index (χ4n) is 1.96. The van der Waals surface area contributed by atoms with E-state index in [0.717, 1.165) is 32.6 Å². The van der Waals surface area contributed by atoms with Crippen molar-refractivity contribution in [2.24, 2.45) is 4.99 Å². The highest BCUT2D eigenvalue weighted by atomic mass is 127. The molecule has 134 valence electrons. The number of ether oxygens (including phenoxy) is 1. The van der Waals surface area contributed by atoms with E-state index in [2.05, 4.69) is 20.9 Å². The van der Waals surface area contributed by atoms with Gasteiger partial charge in [0.25, 0.3) is 0 Å². The number of guanidine groups is 1. The Bertz CT molecular complexity index is 377. The Morgan fingerprint density at radius 3 is 2.70 bits per heavy atom. The second kappa shape index (κ2) is 13.3. The molecule has 23 heavy (non-hydrogen) atoms. The van der Waals surface area contributed by atoms with Gasteiger partial charge in [0.15, 0.2) is 5.96 Å².